The number of fused-ring (bicyclic) bond motifs is 2. The molecule has 0 saturated carbocycles. The molecule has 1 aliphatic heterocycles. The first-order valence-corrected chi connectivity index (χ1v) is 13.1. The van der Waals surface area contributed by atoms with Crippen LogP contribution in [0, 0.1) is 0 Å². The quantitative estimate of drug-likeness (QED) is 0.327. The lowest BCUT2D eigenvalue weighted by Crippen LogP contribution is -2.36. The molecule has 2 aromatic carbocycles. The van der Waals surface area contributed by atoms with Gasteiger partial charge in [0.1, 0.15) is 10.6 Å². The number of hydrogen-bond donors (Lipinski definition) is 4. The number of rotatable bonds is 7. The van der Waals surface area contributed by atoms with Gasteiger partial charge < -0.3 is 21.1 Å². The van der Waals surface area contributed by atoms with Crippen molar-refractivity contribution in [3.63, 3.8) is 0 Å². The van der Waals surface area contributed by atoms with Crippen molar-refractivity contribution in [1.82, 2.24) is 10.2 Å². The molecule has 0 atom stereocenters. The van der Waals surface area contributed by atoms with Gasteiger partial charge in [-0.1, -0.05) is 30.3 Å². The predicted molar refractivity (Wildman–Crippen MR) is 147 cm³/mol. The molecule has 10 heteroatoms. The summed E-state index contributed by atoms with van der Waals surface area (Å²) in [6.45, 7) is 8.20. The van der Waals surface area contributed by atoms with Gasteiger partial charge in [-0.3, -0.25) is 15.0 Å². The van der Waals surface area contributed by atoms with Crippen LogP contribution < -0.4 is 21.7 Å². The van der Waals surface area contributed by atoms with E-state index in [0.29, 0.717) is 35.8 Å². The largest absolute Gasteiger partial charge is 0.444 e. The number of carbonyl (C=O) groups is 3. The van der Waals surface area contributed by atoms with E-state index in [1.807, 2.05) is 63.2 Å². The topological polar surface area (TPSA) is 126 Å². The number of ether oxygens (including phenoxy) is 1. The fraction of sp³-hybridized carbons (Fsp3) is 0.370. The van der Waals surface area contributed by atoms with Gasteiger partial charge >= 0.3 is 12.1 Å². The van der Waals surface area contributed by atoms with E-state index in [2.05, 4.69) is 20.9 Å². The van der Waals surface area contributed by atoms with E-state index in [1.54, 1.807) is 0 Å². The Kier molecular flexibility index (Phi) is 7.99. The third-order valence-electron chi connectivity index (χ3n) is 5.94. The smallest absolute Gasteiger partial charge is 0.407 e. The minimum atomic E-state index is -0.548. The number of anilines is 2. The molecule has 0 fully saturated rings. The Morgan fingerprint density at radius 2 is 1.84 bits per heavy atom. The number of nitrogens with zero attached hydrogens (tertiary/aromatic N) is 1. The summed E-state index contributed by atoms with van der Waals surface area (Å²) >= 11 is 1.38. The molecule has 4 amide bonds. The Morgan fingerprint density at radius 1 is 1.08 bits per heavy atom. The highest BCUT2D eigenvalue weighted by atomic mass is 32.1. The van der Waals surface area contributed by atoms with Gasteiger partial charge in [0.15, 0.2) is 0 Å². The standard InChI is InChI=1S/C27H33N5O4S/c1-27(2,3)36-26(35)29-12-6-13-32-14-11-20-21(16-32)37-24(22(20)23(28)33)31-25(34)30-19-10-9-17-7-4-5-8-18(17)15-19/h4-5,7-10,15H,6,11-14,16H2,1-3H3,(H2,28,33)(H,29,35)(H2,30,31,34). The van der Waals surface area contributed by atoms with Crippen LogP contribution >= 0.6 is 11.3 Å². The third kappa shape index (κ3) is 6.99. The van der Waals surface area contributed by atoms with Crippen molar-refractivity contribution >= 4 is 50.8 Å². The second kappa shape index (κ2) is 11.2. The van der Waals surface area contributed by atoms with E-state index in [1.165, 1.54) is 11.3 Å². The second-order valence-corrected chi connectivity index (χ2v) is 11.1. The molecule has 1 aliphatic rings. The predicted octanol–water partition coefficient (Wildman–Crippen LogP) is 4.92. The number of benzene rings is 2. The summed E-state index contributed by atoms with van der Waals surface area (Å²) in [5.41, 5.74) is 7.13. The van der Waals surface area contributed by atoms with Crippen molar-refractivity contribution in [1.29, 1.82) is 0 Å². The molecule has 0 aliphatic carbocycles. The van der Waals surface area contributed by atoms with Crippen LogP contribution in [0.25, 0.3) is 10.8 Å². The average molecular weight is 524 g/mol. The number of nitrogens with one attached hydrogen (secondary N) is 3. The molecule has 196 valence electrons. The molecule has 9 nitrogen and oxygen atoms in total. The lowest BCUT2D eigenvalue weighted by atomic mass is 10.0. The molecule has 0 bridgehead atoms. The zero-order valence-electron chi connectivity index (χ0n) is 21.3. The van der Waals surface area contributed by atoms with Crippen molar-refractivity contribution in [2.24, 2.45) is 5.73 Å². The Labute approximate surface area is 220 Å². The highest BCUT2D eigenvalue weighted by Crippen LogP contribution is 2.37. The van der Waals surface area contributed by atoms with Gasteiger partial charge in [-0.25, -0.2) is 9.59 Å². The lowest BCUT2D eigenvalue weighted by Gasteiger charge is -2.27. The van der Waals surface area contributed by atoms with Crippen LogP contribution in [-0.2, 0) is 17.7 Å². The van der Waals surface area contributed by atoms with Gasteiger partial charge in [0.2, 0.25) is 0 Å². The van der Waals surface area contributed by atoms with Gasteiger partial charge in [0, 0.05) is 36.7 Å². The lowest BCUT2D eigenvalue weighted by molar-refractivity contribution is 0.0525. The first kappa shape index (κ1) is 26.4. The molecule has 2 heterocycles. The Hall–Kier alpha value is -3.63. The molecule has 0 spiro atoms. The maximum atomic E-state index is 12.8. The minimum absolute atomic E-state index is 0.389. The minimum Gasteiger partial charge on any atom is -0.444 e. The molecule has 37 heavy (non-hydrogen) atoms. The summed E-state index contributed by atoms with van der Waals surface area (Å²) in [7, 11) is 0. The van der Waals surface area contributed by atoms with E-state index in [4.69, 9.17) is 10.5 Å². The molecule has 5 N–H and O–H groups in total. The summed E-state index contributed by atoms with van der Waals surface area (Å²) in [5.74, 6) is -0.548. The van der Waals surface area contributed by atoms with Crippen molar-refractivity contribution in [3.05, 3.63) is 58.5 Å². The number of nitrogens with two attached hydrogens (primary N) is 1. The van der Waals surface area contributed by atoms with Crippen molar-refractivity contribution in [3.8, 4) is 0 Å². The molecular formula is C27H33N5O4S. The van der Waals surface area contributed by atoms with Crippen LogP contribution in [0.15, 0.2) is 42.5 Å². The van der Waals surface area contributed by atoms with Gasteiger partial charge in [-0.15, -0.1) is 11.3 Å². The zero-order chi connectivity index (χ0) is 26.6. The molecule has 1 aromatic heterocycles. The van der Waals surface area contributed by atoms with Gasteiger partial charge in [0.25, 0.3) is 5.91 Å². The highest BCUT2D eigenvalue weighted by Gasteiger charge is 2.27. The summed E-state index contributed by atoms with van der Waals surface area (Å²) in [4.78, 5) is 40.1. The zero-order valence-corrected chi connectivity index (χ0v) is 22.2. The molecule has 0 radical (unpaired) electrons. The second-order valence-electron chi connectivity index (χ2n) is 10.0. The SMILES string of the molecule is CC(C)(C)OC(=O)NCCCN1CCc2c(sc(NC(=O)Nc3ccc4ccccc4c3)c2C(N)=O)C1. The Morgan fingerprint density at radius 3 is 2.57 bits per heavy atom. The number of hydrogen-bond acceptors (Lipinski definition) is 6. The van der Waals surface area contributed by atoms with E-state index in [0.717, 1.165) is 40.7 Å². The molecule has 0 unspecified atom stereocenters. The number of carbonyl (C=O) groups excluding carboxylic acids is 3. The molecule has 0 saturated heterocycles. The van der Waals surface area contributed by atoms with Crippen molar-refractivity contribution < 1.29 is 19.1 Å². The van der Waals surface area contributed by atoms with Crippen LogP contribution in [0.1, 0.15) is 48.0 Å². The molecular weight excluding hydrogens is 490 g/mol. The highest BCUT2D eigenvalue weighted by molar-refractivity contribution is 7.17. The number of primary amides is 1. The van der Waals surface area contributed by atoms with Crippen LogP contribution in [0.5, 0.6) is 0 Å². The number of urea groups is 1. The van der Waals surface area contributed by atoms with E-state index >= 15 is 0 Å². The van der Waals surface area contributed by atoms with Crippen molar-refractivity contribution in [2.75, 3.05) is 30.3 Å². The number of thiophene rings is 1. The van der Waals surface area contributed by atoms with Crippen LogP contribution in [0.3, 0.4) is 0 Å². The first-order valence-electron chi connectivity index (χ1n) is 12.3. The third-order valence-corrected chi connectivity index (χ3v) is 7.07. The maximum absolute atomic E-state index is 12.8. The van der Waals surface area contributed by atoms with E-state index < -0.39 is 23.6 Å². The average Bonchev–Trinajstić information content (AvgIpc) is 3.17. The normalized spacial score (nSPS) is 13.6. The van der Waals surface area contributed by atoms with Crippen LogP contribution in [0.2, 0.25) is 0 Å². The summed E-state index contributed by atoms with van der Waals surface area (Å²) in [6, 6.07) is 13.2. The van der Waals surface area contributed by atoms with Crippen LogP contribution in [-0.4, -0.2) is 48.2 Å². The van der Waals surface area contributed by atoms with Gasteiger partial charge in [0.05, 0.1) is 5.56 Å². The van der Waals surface area contributed by atoms with E-state index in [9.17, 15) is 14.4 Å². The summed E-state index contributed by atoms with van der Waals surface area (Å²) in [5, 5.41) is 11.0. The summed E-state index contributed by atoms with van der Waals surface area (Å²) < 4.78 is 5.26. The Bertz CT molecular complexity index is 1310. The maximum Gasteiger partial charge on any atom is 0.407 e. The fourth-order valence-electron chi connectivity index (χ4n) is 4.34. The number of alkyl carbamates (subject to hydrolysis) is 1. The Balaban J connectivity index is 1.35. The number of amides is 4. The van der Waals surface area contributed by atoms with Gasteiger partial charge in [-0.2, -0.15) is 0 Å². The molecule has 4 rings (SSSR count). The van der Waals surface area contributed by atoms with Crippen LogP contribution in [0.4, 0.5) is 20.3 Å². The first-order chi connectivity index (χ1) is 17.6. The van der Waals surface area contributed by atoms with Gasteiger partial charge in [-0.05, 0) is 62.1 Å². The summed E-state index contributed by atoms with van der Waals surface area (Å²) in [6.07, 6.45) is 1.01. The van der Waals surface area contributed by atoms with E-state index in [-0.39, 0.29) is 0 Å². The fourth-order valence-corrected chi connectivity index (χ4v) is 5.63. The van der Waals surface area contributed by atoms with Crippen molar-refractivity contribution in [2.45, 2.75) is 45.8 Å². The molecule has 3 aromatic rings. The monoisotopic (exact) mass is 523 g/mol.